The molecule has 0 spiro atoms. The number of hydrogen-bond acceptors (Lipinski definition) is 8. The van der Waals surface area contributed by atoms with Gasteiger partial charge in [-0.3, -0.25) is 4.79 Å². The van der Waals surface area contributed by atoms with Gasteiger partial charge >= 0.3 is 12.3 Å². The van der Waals surface area contributed by atoms with Crippen LogP contribution in [-0.4, -0.2) is 54.8 Å². The summed E-state index contributed by atoms with van der Waals surface area (Å²) in [7, 11) is 0. The fraction of sp³-hybridized carbons (Fsp3) is 0.500. The van der Waals surface area contributed by atoms with Crippen molar-refractivity contribution in [2.75, 3.05) is 26.4 Å². The third-order valence-electron chi connectivity index (χ3n) is 3.98. The van der Waals surface area contributed by atoms with Crippen LogP contribution in [0.5, 0.6) is 11.8 Å². The van der Waals surface area contributed by atoms with Gasteiger partial charge in [-0.05, 0) is 18.6 Å². The maximum atomic E-state index is 13.4. The Bertz CT molecular complexity index is 905. The normalized spacial score (nSPS) is 18.9. The van der Waals surface area contributed by atoms with Gasteiger partial charge in [0.05, 0.1) is 30.9 Å². The van der Waals surface area contributed by atoms with Gasteiger partial charge in [-0.25, -0.2) is 4.39 Å². The Kier molecular flexibility index (Phi) is 8.10. The van der Waals surface area contributed by atoms with Gasteiger partial charge in [0, 0.05) is 12.5 Å². The second kappa shape index (κ2) is 10.8. The molecule has 1 aliphatic rings. The molecule has 1 aromatic carbocycles. The average molecular weight is 484 g/mol. The highest BCUT2D eigenvalue weighted by molar-refractivity contribution is 6.30. The van der Waals surface area contributed by atoms with Crippen LogP contribution in [0.3, 0.4) is 0 Å². The molecule has 32 heavy (non-hydrogen) atoms. The number of aromatic nitrogens is 2. The molecule has 1 N–H and O–H groups in total. The molecule has 0 atom stereocenters. The summed E-state index contributed by atoms with van der Waals surface area (Å²) in [6, 6.07) is 3.30. The summed E-state index contributed by atoms with van der Waals surface area (Å²) in [4.78, 5) is 12.0. The zero-order chi connectivity index (χ0) is 23.1. The number of alkyl halides is 3. The van der Waals surface area contributed by atoms with E-state index in [1.165, 1.54) is 12.1 Å². The monoisotopic (exact) mass is 483 g/mol. The lowest BCUT2D eigenvalue weighted by molar-refractivity contribution is -0.205. The fourth-order valence-electron chi connectivity index (χ4n) is 2.52. The summed E-state index contributed by atoms with van der Waals surface area (Å²) in [5, 5.41) is 9.79. The second-order valence-corrected chi connectivity index (χ2v) is 7.01. The summed E-state index contributed by atoms with van der Waals surface area (Å²) >= 11 is 5.58. The molecule has 9 nitrogen and oxygen atoms in total. The van der Waals surface area contributed by atoms with Gasteiger partial charge in [0.2, 0.25) is 6.29 Å². The van der Waals surface area contributed by atoms with Crippen LogP contribution in [0.15, 0.2) is 22.6 Å². The molecular formula is C18H18ClF4N3O6. The van der Waals surface area contributed by atoms with Crippen molar-refractivity contribution in [2.45, 2.75) is 31.3 Å². The highest BCUT2D eigenvalue weighted by Gasteiger charge is 2.29. The van der Waals surface area contributed by atoms with Crippen molar-refractivity contribution in [3.05, 3.63) is 34.9 Å². The van der Waals surface area contributed by atoms with Gasteiger partial charge in [-0.15, -0.1) is 5.10 Å². The molecule has 0 radical (unpaired) electrons. The number of nitrogens with zero attached hydrogens (tertiary/aromatic N) is 2. The second-order valence-electron chi connectivity index (χ2n) is 6.60. The first-order chi connectivity index (χ1) is 15.2. The van der Waals surface area contributed by atoms with Crippen LogP contribution in [-0.2, 0) is 14.3 Å². The number of carbonyl (C=O) groups is 1. The molecule has 0 saturated carbocycles. The molecule has 3 rings (SSSR count). The van der Waals surface area contributed by atoms with Crippen LogP contribution in [0.4, 0.5) is 17.6 Å². The van der Waals surface area contributed by atoms with Crippen molar-refractivity contribution in [3.8, 4) is 11.8 Å². The zero-order valence-corrected chi connectivity index (χ0v) is 17.1. The summed E-state index contributed by atoms with van der Waals surface area (Å²) < 4.78 is 75.8. The van der Waals surface area contributed by atoms with Gasteiger partial charge in [0.15, 0.2) is 6.61 Å². The minimum absolute atomic E-state index is 0.0517. The fourth-order valence-corrected chi connectivity index (χ4v) is 2.64. The molecule has 1 saturated heterocycles. The number of halogens is 5. The molecule has 1 fully saturated rings. The van der Waals surface area contributed by atoms with Crippen LogP contribution in [0.25, 0.3) is 0 Å². The lowest BCUT2D eigenvalue weighted by Crippen LogP contribution is -2.46. The van der Waals surface area contributed by atoms with Crippen molar-refractivity contribution in [1.29, 1.82) is 0 Å². The number of ether oxygens (including phenoxy) is 4. The molecule has 176 valence electrons. The minimum Gasteiger partial charge on any atom is -0.484 e. The number of carbonyl (C=O) groups excluding carboxylic acids is 1. The van der Waals surface area contributed by atoms with E-state index in [-0.39, 0.29) is 55.6 Å². The molecule has 1 aliphatic heterocycles. The summed E-state index contributed by atoms with van der Waals surface area (Å²) in [6.45, 7) is -0.502. The Balaban J connectivity index is 1.36. The van der Waals surface area contributed by atoms with Crippen molar-refractivity contribution >= 4 is 17.5 Å². The Hall–Kier alpha value is -2.64. The minimum atomic E-state index is -4.26. The highest BCUT2D eigenvalue weighted by Crippen LogP contribution is 2.25. The Morgan fingerprint density at radius 1 is 1.22 bits per heavy atom. The number of benzene rings is 1. The van der Waals surface area contributed by atoms with Crippen molar-refractivity contribution < 1.29 is 45.7 Å². The number of hydrogen-bond donors (Lipinski definition) is 1. The molecule has 2 aromatic rings. The van der Waals surface area contributed by atoms with E-state index < -0.39 is 36.7 Å². The van der Waals surface area contributed by atoms with Gasteiger partial charge in [0.25, 0.3) is 11.8 Å². The van der Waals surface area contributed by atoms with E-state index in [4.69, 9.17) is 35.0 Å². The van der Waals surface area contributed by atoms with E-state index in [0.717, 1.165) is 6.07 Å². The lowest BCUT2D eigenvalue weighted by atomic mass is 10.3. The van der Waals surface area contributed by atoms with Gasteiger partial charge in [0.1, 0.15) is 11.6 Å². The highest BCUT2D eigenvalue weighted by atomic mass is 35.5. The zero-order valence-electron chi connectivity index (χ0n) is 16.4. The van der Waals surface area contributed by atoms with Crippen molar-refractivity contribution in [2.24, 2.45) is 0 Å². The van der Waals surface area contributed by atoms with E-state index in [1.807, 2.05) is 0 Å². The molecule has 1 amide bonds. The number of rotatable bonds is 9. The van der Waals surface area contributed by atoms with Crippen molar-refractivity contribution in [1.82, 2.24) is 15.5 Å². The average Bonchev–Trinajstić information content (AvgIpc) is 3.21. The van der Waals surface area contributed by atoms with Crippen molar-refractivity contribution in [3.63, 3.8) is 0 Å². The van der Waals surface area contributed by atoms with Crippen LogP contribution >= 0.6 is 11.6 Å². The summed E-state index contributed by atoms with van der Waals surface area (Å²) in [5.74, 6) is -1.08. The molecule has 1 aromatic heterocycles. The molecule has 14 heteroatoms. The maximum absolute atomic E-state index is 13.4. The lowest BCUT2D eigenvalue weighted by Gasteiger charge is -2.27. The number of amides is 1. The van der Waals surface area contributed by atoms with Gasteiger partial charge in [-0.2, -0.15) is 13.2 Å². The molecule has 2 heterocycles. The standard InChI is InChI=1S/C18H18ClF4N3O6/c19-12-3-2-11(6-13(12)20)29-9-14(27)24-10-7-30-16(31-8-10)15-25-26-17(32-15)28-5-1-4-18(21,22)23/h2-3,6,10,16H,1,4-5,7-9H2,(H,24,27)/t10-,16-. The molecule has 0 unspecified atom stereocenters. The van der Waals surface area contributed by atoms with E-state index in [9.17, 15) is 22.4 Å². The first-order valence-electron chi connectivity index (χ1n) is 9.33. The third-order valence-corrected chi connectivity index (χ3v) is 4.28. The predicted octanol–water partition coefficient (Wildman–Crippen LogP) is 3.19. The van der Waals surface area contributed by atoms with Gasteiger partial charge < -0.3 is 28.7 Å². The van der Waals surface area contributed by atoms with Gasteiger partial charge in [-0.1, -0.05) is 16.7 Å². The first-order valence-corrected chi connectivity index (χ1v) is 9.71. The topological polar surface area (TPSA) is 105 Å². The molecule has 0 aliphatic carbocycles. The van der Waals surface area contributed by atoms with E-state index in [2.05, 4.69) is 15.5 Å². The molecule has 0 bridgehead atoms. The summed E-state index contributed by atoms with van der Waals surface area (Å²) in [6.07, 6.45) is -6.83. The largest absolute Gasteiger partial charge is 0.484 e. The maximum Gasteiger partial charge on any atom is 0.414 e. The van der Waals surface area contributed by atoms with E-state index >= 15 is 0 Å². The Labute approximate surface area is 183 Å². The van der Waals surface area contributed by atoms with Crippen LogP contribution in [0.2, 0.25) is 5.02 Å². The Morgan fingerprint density at radius 2 is 1.97 bits per heavy atom. The van der Waals surface area contributed by atoms with E-state index in [1.54, 1.807) is 0 Å². The van der Waals surface area contributed by atoms with Crippen LogP contribution in [0, 0.1) is 5.82 Å². The Morgan fingerprint density at radius 3 is 2.66 bits per heavy atom. The third kappa shape index (κ3) is 7.50. The van der Waals surface area contributed by atoms with Crippen LogP contribution < -0.4 is 14.8 Å². The number of nitrogens with one attached hydrogen (secondary N) is 1. The molecular weight excluding hydrogens is 466 g/mol. The van der Waals surface area contributed by atoms with E-state index in [0.29, 0.717) is 0 Å². The smallest absolute Gasteiger partial charge is 0.414 e. The summed E-state index contributed by atoms with van der Waals surface area (Å²) in [5.41, 5.74) is 0. The quantitative estimate of drug-likeness (QED) is 0.428. The van der Waals surface area contributed by atoms with Crippen LogP contribution in [0.1, 0.15) is 25.0 Å². The first kappa shape index (κ1) is 24.0. The predicted molar refractivity (Wildman–Crippen MR) is 98.6 cm³/mol. The SMILES string of the molecule is O=C(COc1ccc(Cl)c(F)c1)N[C@H]1CO[C@H](c2nnc(OCCCC(F)(F)F)o2)OC1.